The number of carbonyl (C=O) groups excluding carboxylic acids is 1. The van der Waals surface area contributed by atoms with E-state index in [1.165, 1.54) is 0 Å². The number of hydrogen-bond acceptors (Lipinski definition) is 4. The summed E-state index contributed by atoms with van der Waals surface area (Å²) in [7, 11) is 0. The number of thiophene rings is 1. The van der Waals surface area contributed by atoms with Gasteiger partial charge < -0.3 is 5.32 Å². The summed E-state index contributed by atoms with van der Waals surface area (Å²) < 4.78 is 0.840. The molecular formula is C17H11Cl2N3OS. The van der Waals surface area contributed by atoms with Crippen molar-refractivity contribution in [3.05, 3.63) is 74.9 Å². The van der Waals surface area contributed by atoms with Crippen LogP contribution in [0.15, 0.2) is 70.9 Å². The molecule has 0 saturated heterocycles. The van der Waals surface area contributed by atoms with E-state index in [0.29, 0.717) is 25.6 Å². The average Bonchev–Trinajstić information content (AvgIpc) is 2.94. The molecule has 0 bridgehead atoms. The molecule has 24 heavy (non-hydrogen) atoms. The Kier molecular flexibility index (Phi) is 5.25. The summed E-state index contributed by atoms with van der Waals surface area (Å²) in [4.78, 5) is 12.2. The lowest BCUT2D eigenvalue weighted by Crippen LogP contribution is -2.11. The van der Waals surface area contributed by atoms with Crippen LogP contribution in [0, 0.1) is 0 Å². The summed E-state index contributed by atoms with van der Waals surface area (Å²) in [5.74, 6) is -0.304. The van der Waals surface area contributed by atoms with Crippen LogP contribution in [-0.4, -0.2) is 5.91 Å². The van der Waals surface area contributed by atoms with Gasteiger partial charge in [0.2, 0.25) is 0 Å². The molecule has 1 amide bonds. The summed E-state index contributed by atoms with van der Waals surface area (Å²) in [5, 5.41) is 11.0. The van der Waals surface area contributed by atoms with Crippen molar-refractivity contribution in [1.82, 2.24) is 0 Å². The van der Waals surface area contributed by atoms with Crippen LogP contribution in [0.2, 0.25) is 8.67 Å². The summed E-state index contributed by atoms with van der Waals surface area (Å²) in [6, 6.07) is 18.0. The summed E-state index contributed by atoms with van der Waals surface area (Å²) in [6.45, 7) is 0. The molecule has 0 aliphatic heterocycles. The average molecular weight is 376 g/mol. The van der Waals surface area contributed by atoms with Crippen LogP contribution in [-0.2, 0) is 0 Å². The standard InChI is InChI=1S/C17H11Cl2N3OS/c18-15-10-14(16(19)24-15)17(23)20-11-6-8-13(9-7-11)22-21-12-4-2-1-3-5-12/h1-10H,(H,20,23). The molecule has 120 valence electrons. The van der Waals surface area contributed by atoms with Gasteiger partial charge in [0.1, 0.15) is 4.34 Å². The van der Waals surface area contributed by atoms with Gasteiger partial charge in [0.25, 0.3) is 5.91 Å². The first-order chi connectivity index (χ1) is 11.6. The predicted octanol–water partition coefficient (Wildman–Crippen LogP) is 6.72. The summed E-state index contributed by atoms with van der Waals surface area (Å²) in [6.07, 6.45) is 0. The largest absolute Gasteiger partial charge is 0.322 e. The molecule has 0 aliphatic rings. The Morgan fingerprint density at radius 2 is 1.54 bits per heavy atom. The van der Waals surface area contributed by atoms with E-state index in [1.54, 1.807) is 30.3 Å². The lowest BCUT2D eigenvalue weighted by Gasteiger charge is -2.04. The Morgan fingerprint density at radius 3 is 2.12 bits per heavy atom. The zero-order valence-electron chi connectivity index (χ0n) is 12.2. The van der Waals surface area contributed by atoms with Crippen LogP contribution >= 0.6 is 34.5 Å². The molecule has 0 saturated carbocycles. The van der Waals surface area contributed by atoms with E-state index in [1.807, 2.05) is 30.3 Å². The second kappa shape index (κ2) is 7.57. The van der Waals surface area contributed by atoms with E-state index in [4.69, 9.17) is 23.2 Å². The monoisotopic (exact) mass is 375 g/mol. The highest BCUT2D eigenvalue weighted by Crippen LogP contribution is 2.31. The van der Waals surface area contributed by atoms with E-state index in [9.17, 15) is 4.79 Å². The zero-order chi connectivity index (χ0) is 16.9. The number of nitrogens with zero attached hydrogens (tertiary/aromatic N) is 2. The first-order valence-electron chi connectivity index (χ1n) is 6.95. The van der Waals surface area contributed by atoms with E-state index in [-0.39, 0.29) is 5.91 Å². The third-order valence-corrected chi connectivity index (χ3v) is 4.55. The van der Waals surface area contributed by atoms with E-state index in [0.717, 1.165) is 17.0 Å². The minimum Gasteiger partial charge on any atom is -0.322 e. The molecule has 3 rings (SSSR count). The van der Waals surface area contributed by atoms with Crippen LogP contribution in [0.5, 0.6) is 0 Å². The summed E-state index contributed by atoms with van der Waals surface area (Å²) >= 11 is 13.0. The van der Waals surface area contributed by atoms with Gasteiger partial charge in [-0.05, 0) is 42.5 Å². The molecule has 0 aliphatic carbocycles. The number of halogens is 2. The highest BCUT2D eigenvalue weighted by Gasteiger charge is 2.14. The number of azo groups is 1. The number of carbonyl (C=O) groups is 1. The van der Waals surface area contributed by atoms with Gasteiger partial charge in [0.05, 0.1) is 21.3 Å². The Hall–Kier alpha value is -2.21. The quantitative estimate of drug-likeness (QED) is 0.505. The number of anilines is 1. The van der Waals surface area contributed by atoms with Gasteiger partial charge in [-0.1, -0.05) is 41.4 Å². The SMILES string of the molecule is O=C(Nc1ccc(N=Nc2ccccc2)cc1)c1cc(Cl)sc1Cl. The van der Waals surface area contributed by atoms with Gasteiger partial charge in [0.15, 0.2) is 0 Å². The maximum absolute atomic E-state index is 12.2. The van der Waals surface area contributed by atoms with Gasteiger partial charge in [-0.3, -0.25) is 4.79 Å². The van der Waals surface area contributed by atoms with Gasteiger partial charge >= 0.3 is 0 Å². The van der Waals surface area contributed by atoms with Gasteiger partial charge in [-0.2, -0.15) is 10.2 Å². The molecule has 1 N–H and O–H groups in total. The Morgan fingerprint density at radius 1 is 0.917 bits per heavy atom. The molecule has 1 heterocycles. The maximum Gasteiger partial charge on any atom is 0.258 e. The molecule has 0 unspecified atom stereocenters. The maximum atomic E-state index is 12.2. The van der Waals surface area contributed by atoms with Gasteiger partial charge in [-0.15, -0.1) is 11.3 Å². The van der Waals surface area contributed by atoms with Crippen LogP contribution in [0.1, 0.15) is 10.4 Å². The molecule has 0 spiro atoms. The van der Waals surface area contributed by atoms with Crippen molar-refractivity contribution in [2.75, 3.05) is 5.32 Å². The minimum atomic E-state index is -0.304. The lowest BCUT2D eigenvalue weighted by atomic mass is 10.2. The number of nitrogens with one attached hydrogen (secondary N) is 1. The van der Waals surface area contributed by atoms with E-state index < -0.39 is 0 Å². The van der Waals surface area contributed by atoms with Crippen molar-refractivity contribution < 1.29 is 4.79 Å². The van der Waals surface area contributed by atoms with Crippen LogP contribution in [0.25, 0.3) is 0 Å². The van der Waals surface area contributed by atoms with Crippen molar-refractivity contribution in [2.45, 2.75) is 0 Å². The van der Waals surface area contributed by atoms with Crippen molar-refractivity contribution in [3.8, 4) is 0 Å². The number of hydrogen-bond donors (Lipinski definition) is 1. The molecule has 7 heteroatoms. The second-order valence-corrected chi connectivity index (χ2v) is 7.06. The fourth-order valence-corrected chi connectivity index (χ4v) is 3.37. The van der Waals surface area contributed by atoms with Crippen LogP contribution in [0.3, 0.4) is 0 Å². The molecule has 3 aromatic rings. The number of amides is 1. The smallest absolute Gasteiger partial charge is 0.258 e. The Labute approximate surface area is 152 Å². The van der Waals surface area contributed by atoms with E-state index >= 15 is 0 Å². The molecule has 0 fully saturated rings. The molecule has 2 aromatic carbocycles. The highest BCUT2D eigenvalue weighted by molar-refractivity contribution is 7.20. The molecule has 1 aromatic heterocycles. The van der Waals surface area contributed by atoms with Crippen molar-refractivity contribution in [1.29, 1.82) is 0 Å². The van der Waals surface area contributed by atoms with Crippen LogP contribution < -0.4 is 5.32 Å². The second-order valence-electron chi connectivity index (χ2n) is 4.77. The number of benzene rings is 2. The highest BCUT2D eigenvalue weighted by atomic mass is 35.5. The lowest BCUT2D eigenvalue weighted by molar-refractivity contribution is 0.102. The molecule has 0 atom stereocenters. The Balaban J connectivity index is 1.67. The third-order valence-electron chi connectivity index (χ3n) is 3.06. The van der Waals surface area contributed by atoms with Gasteiger partial charge in [0, 0.05) is 5.69 Å². The topological polar surface area (TPSA) is 53.8 Å². The molecular weight excluding hydrogens is 365 g/mol. The number of rotatable bonds is 4. The first-order valence-corrected chi connectivity index (χ1v) is 8.52. The molecule has 0 radical (unpaired) electrons. The van der Waals surface area contributed by atoms with Gasteiger partial charge in [-0.25, -0.2) is 0 Å². The predicted molar refractivity (Wildman–Crippen MR) is 99.4 cm³/mol. The fourth-order valence-electron chi connectivity index (χ4n) is 1.92. The fraction of sp³-hybridized carbons (Fsp3) is 0. The molecule has 4 nitrogen and oxygen atoms in total. The van der Waals surface area contributed by atoms with E-state index in [2.05, 4.69) is 15.5 Å². The normalized spacial score (nSPS) is 10.9. The summed E-state index contributed by atoms with van der Waals surface area (Å²) in [5.41, 5.74) is 2.46. The van der Waals surface area contributed by atoms with Crippen LogP contribution in [0.4, 0.5) is 17.1 Å². The Bertz CT molecular complexity index is 877. The third kappa shape index (κ3) is 4.20. The van der Waals surface area contributed by atoms with Crippen molar-refractivity contribution in [2.24, 2.45) is 10.2 Å². The van der Waals surface area contributed by atoms with Crippen molar-refractivity contribution in [3.63, 3.8) is 0 Å². The zero-order valence-corrected chi connectivity index (χ0v) is 14.6. The van der Waals surface area contributed by atoms with Crippen molar-refractivity contribution >= 4 is 57.5 Å². The first kappa shape index (κ1) is 16.6. The minimum absolute atomic E-state index is 0.304.